The number of fused-ring (bicyclic) bond motifs is 31. The van der Waals surface area contributed by atoms with E-state index in [4.69, 9.17) is 6.58 Å². The van der Waals surface area contributed by atoms with Crippen molar-refractivity contribution in [2.24, 2.45) is 0 Å². The van der Waals surface area contributed by atoms with Crippen molar-refractivity contribution in [3.05, 3.63) is 432 Å². The first-order valence-corrected chi connectivity index (χ1v) is 47.5. The smallest absolute Gasteiger partial charge is 0.0443 e. The predicted octanol–water partition coefficient (Wildman–Crippen LogP) is 36.4. The van der Waals surface area contributed by atoms with Gasteiger partial charge in [0.1, 0.15) is 0 Å². The quantitative estimate of drug-likeness (QED) is 0.126. The molecule has 2 heteroatoms. The monoisotopic (exact) mass is 1690 g/mol. The van der Waals surface area contributed by atoms with Crippen molar-refractivity contribution in [3.8, 4) is 111 Å². The van der Waals surface area contributed by atoms with Crippen LogP contribution in [0.1, 0.15) is 117 Å². The highest BCUT2D eigenvalue weighted by Gasteiger charge is 2.44. The Morgan fingerprint density at radius 2 is 0.623 bits per heavy atom. The maximum absolute atomic E-state index is 5.07. The largest absolute Gasteiger partial charge is 0.135 e. The number of rotatable bonds is 9. The molecule has 130 heavy (non-hydrogen) atoms. The summed E-state index contributed by atoms with van der Waals surface area (Å²) in [5, 5.41) is 22.9. The fourth-order valence-corrected chi connectivity index (χ4v) is 27.5. The third-order valence-electron chi connectivity index (χ3n) is 31.1. The van der Waals surface area contributed by atoms with E-state index in [1.165, 1.54) is 250 Å². The molecular formula is C128H88S2. The molecule has 0 atom stereocenters. The Kier molecular flexibility index (Phi) is 15.7. The molecule has 0 aliphatic heterocycles. The number of thiophene rings is 2. The highest BCUT2D eigenvalue weighted by Crippen LogP contribution is 2.63. The first-order valence-electron chi connectivity index (χ1n) is 45.9. The third kappa shape index (κ3) is 10.3. The summed E-state index contributed by atoms with van der Waals surface area (Å²) in [6.45, 7) is 29.0. The van der Waals surface area contributed by atoms with Gasteiger partial charge in [0.2, 0.25) is 0 Å². The van der Waals surface area contributed by atoms with Crippen LogP contribution < -0.4 is 0 Å². The Bertz CT molecular complexity index is 9140. The van der Waals surface area contributed by atoms with Gasteiger partial charge in [0.15, 0.2) is 0 Å². The van der Waals surface area contributed by atoms with Gasteiger partial charge in [-0.05, 0) is 309 Å². The van der Waals surface area contributed by atoms with Gasteiger partial charge in [-0.2, -0.15) is 0 Å². The molecule has 0 saturated carbocycles. The van der Waals surface area contributed by atoms with Crippen LogP contribution in [0.5, 0.6) is 0 Å². The molecule has 4 aliphatic carbocycles. The lowest BCUT2D eigenvalue weighted by Gasteiger charge is -2.25. The summed E-state index contributed by atoms with van der Waals surface area (Å²) < 4.78 is 5.46. The molecule has 2 heterocycles. The summed E-state index contributed by atoms with van der Waals surface area (Å²) >= 11 is 3.89. The van der Waals surface area contributed by atoms with E-state index in [2.05, 4.69) is 420 Å². The van der Waals surface area contributed by atoms with Gasteiger partial charge < -0.3 is 0 Å². The lowest BCUT2D eigenvalue weighted by atomic mass is 9.78. The van der Waals surface area contributed by atoms with Crippen molar-refractivity contribution in [3.63, 3.8) is 0 Å². The average molecular weight is 1690 g/mol. The van der Waals surface area contributed by atoms with Crippen LogP contribution in [0.25, 0.3) is 239 Å². The predicted molar refractivity (Wildman–Crippen MR) is 562 cm³/mol. The molecule has 0 spiro atoms. The molecule has 4 aliphatic rings. The van der Waals surface area contributed by atoms with Crippen molar-refractivity contribution in [1.29, 1.82) is 0 Å². The van der Waals surface area contributed by atoms with E-state index >= 15 is 0 Å². The summed E-state index contributed by atoms with van der Waals surface area (Å²) in [6.07, 6.45) is 1.97. The van der Waals surface area contributed by atoms with Crippen molar-refractivity contribution >= 4 is 150 Å². The number of hydrogen-bond donors (Lipinski definition) is 0. The molecule has 0 N–H and O–H groups in total. The van der Waals surface area contributed by atoms with Crippen LogP contribution in [0.4, 0.5) is 0 Å². The van der Waals surface area contributed by atoms with Gasteiger partial charge in [0.05, 0.1) is 0 Å². The highest BCUT2D eigenvalue weighted by molar-refractivity contribution is 7.27. The SMILES string of the molecule is C=Cc1ccccc1C(=C)c1c2ccccc2c(-c2ccc3c(c2)-c2ccc(-c4ccc5c(c4)C(C)(C)c4c-5c5sc6ccccc6c5c5ccccc45)cc2C3(C)C)c2cc(-c3ccc4c(-c5cccc6ccccc56)c5ccccc5c(-c5ccc6c(c5)C(C)(C)c5cc(-c7ccc8c(c7)C(C)(C)c7c-8c8c9ccccc9sc8c8ccccc78)ccc5-6)c4c3)ccc12. The van der Waals surface area contributed by atoms with Gasteiger partial charge in [-0.25, -0.2) is 0 Å². The van der Waals surface area contributed by atoms with Gasteiger partial charge in [-0.3, -0.25) is 0 Å². The van der Waals surface area contributed by atoms with Gasteiger partial charge in [-0.1, -0.05) is 372 Å². The Balaban J connectivity index is 0.608. The standard InChI is InChI=1S/C128H88S2/c1-11-72-29-12-14-32-82(72)71(2)113-88-34-16-17-35-89(88)114(80-54-62-105-102(65-80)86-56-48-77(67-107(86)125(105,3)4)79-52-61-99-110(69-79)128(9,10)122-95-39-21-20-38-92(95)117-100-42-24-26-45-111(100)130-124(117)120(99)122)103-63-74(49-58-93(103)113)75-50-59-94-104(64-75)115(90-36-18-19-37-91(90)116(94)87-44-28-31-73-30-13-15-33-83(73)87)81-53-57-85-84-55-47-76(66-106(84)126(5,6)108(85)70-81)78-51-60-98-109(68-78)127(7,8)121-96-40-22-23-41-97(96)123-119(118(98)121)101-43-25-27-46-112(101)129-123/h11-70H,1-2H2,3-10H3. The highest BCUT2D eigenvalue weighted by atomic mass is 32.1. The average Bonchev–Trinajstić information content (AvgIpc) is 1.53. The van der Waals surface area contributed by atoms with Crippen molar-refractivity contribution in [2.45, 2.75) is 77.0 Å². The van der Waals surface area contributed by atoms with E-state index in [0.717, 1.165) is 44.2 Å². The lowest BCUT2D eigenvalue weighted by Crippen LogP contribution is -2.16. The molecule has 23 aromatic rings. The van der Waals surface area contributed by atoms with E-state index in [1.807, 2.05) is 28.7 Å². The summed E-state index contributed by atoms with van der Waals surface area (Å²) in [5.41, 5.74) is 39.5. The van der Waals surface area contributed by atoms with Crippen LogP contribution in [0, 0.1) is 0 Å². The van der Waals surface area contributed by atoms with E-state index in [1.54, 1.807) is 0 Å². The lowest BCUT2D eigenvalue weighted by molar-refractivity contribution is 0.660. The zero-order valence-corrected chi connectivity index (χ0v) is 75.5. The summed E-state index contributed by atoms with van der Waals surface area (Å²) in [7, 11) is 0. The van der Waals surface area contributed by atoms with Gasteiger partial charge >= 0.3 is 0 Å². The minimum atomic E-state index is -0.332. The second-order valence-electron chi connectivity index (χ2n) is 39.2. The number of hydrogen-bond acceptors (Lipinski definition) is 2. The van der Waals surface area contributed by atoms with Crippen LogP contribution in [-0.2, 0) is 21.7 Å². The molecule has 0 radical (unpaired) electrons. The Hall–Kier alpha value is -14.6. The van der Waals surface area contributed by atoms with Crippen LogP contribution >= 0.6 is 22.7 Å². The first-order chi connectivity index (χ1) is 63.4. The van der Waals surface area contributed by atoms with E-state index in [-0.39, 0.29) is 21.7 Å². The molecule has 0 amide bonds. The molecule has 0 fully saturated rings. The molecule has 0 nitrogen and oxygen atoms in total. The van der Waals surface area contributed by atoms with E-state index < -0.39 is 0 Å². The van der Waals surface area contributed by atoms with Crippen molar-refractivity contribution in [1.82, 2.24) is 0 Å². The molecule has 0 saturated heterocycles. The summed E-state index contributed by atoms with van der Waals surface area (Å²) in [6, 6.07) is 138. The minimum absolute atomic E-state index is 0.227. The molecule has 2 aromatic heterocycles. The van der Waals surface area contributed by atoms with E-state index in [0.29, 0.717) is 0 Å². The number of benzene rings is 21. The molecule has 27 rings (SSSR count). The van der Waals surface area contributed by atoms with Crippen LogP contribution in [0.2, 0.25) is 0 Å². The molecule has 612 valence electrons. The zero-order valence-electron chi connectivity index (χ0n) is 73.9. The Morgan fingerprint density at radius 3 is 1.25 bits per heavy atom. The topological polar surface area (TPSA) is 0 Å². The van der Waals surface area contributed by atoms with Crippen LogP contribution in [-0.4, -0.2) is 0 Å². The molecule has 0 unspecified atom stereocenters. The van der Waals surface area contributed by atoms with Crippen LogP contribution in [0.15, 0.2) is 371 Å². The maximum Gasteiger partial charge on any atom is 0.0443 e. The Labute approximate surface area is 764 Å². The fraction of sp³-hybridized carbons (Fsp3) is 0.0938. The van der Waals surface area contributed by atoms with Gasteiger partial charge in [-0.15, -0.1) is 22.7 Å². The van der Waals surface area contributed by atoms with Gasteiger partial charge in [0, 0.05) is 67.6 Å². The van der Waals surface area contributed by atoms with Crippen molar-refractivity contribution in [2.75, 3.05) is 0 Å². The maximum atomic E-state index is 5.07. The summed E-state index contributed by atoms with van der Waals surface area (Å²) in [5.74, 6) is 0. The first kappa shape index (κ1) is 75.5. The third-order valence-corrected chi connectivity index (χ3v) is 33.5. The second kappa shape index (κ2) is 27.0. The second-order valence-corrected chi connectivity index (χ2v) is 41.3. The Morgan fingerprint density at radius 1 is 0.238 bits per heavy atom. The van der Waals surface area contributed by atoms with Crippen LogP contribution in [0.3, 0.4) is 0 Å². The van der Waals surface area contributed by atoms with E-state index in [9.17, 15) is 0 Å². The molecule has 21 aromatic carbocycles. The molecule has 0 bridgehead atoms. The van der Waals surface area contributed by atoms with Crippen molar-refractivity contribution < 1.29 is 0 Å². The minimum Gasteiger partial charge on any atom is -0.135 e. The fourth-order valence-electron chi connectivity index (χ4n) is 25.0. The normalized spacial score (nSPS) is 14.5. The summed E-state index contributed by atoms with van der Waals surface area (Å²) in [4.78, 5) is 0. The molecular weight excluding hydrogens is 1600 g/mol. The van der Waals surface area contributed by atoms with Gasteiger partial charge in [0.25, 0.3) is 0 Å². The zero-order chi connectivity index (χ0) is 87.0.